The van der Waals surface area contributed by atoms with Gasteiger partial charge in [-0.3, -0.25) is 0 Å². The molecule has 0 heterocycles. The first-order valence-corrected chi connectivity index (χ1v) is 7.62. The number of hydrogen-bond donors (Lipinski definition) is 0. The van der Waals surface area contributed by atoms with Crippen LogP contribution in [0.25, 0.3) is 22.9 Å². The van der Waals surface area contributed by atoms with E-state index in [1.165, 1.54) is 27.5 Å². The van der Waals surface area contributed by atoms with Crippen LogP contribution >= 0.6 is 0 Å². The first kappa shape index (κ1) is 14.6. The summed E-state index contributed by atoms with van der Waals surface area (Å²) in [6.07, 6.45) is 4.41. The predicted molar refractivity (Wildman–Crippen MR) is 96.7 cm³/mol. The maximum atomic E-state index is 2.24. The van der Waals surface area contributed by atoms with E-state index in [2.05, 4.69) is 97.9 Å². The van der Waals surface area contributed by atoms with Crippen LogP contribution in [0.1, 0.15) is 16.7 Å². The van der Waals surface area contributed by atoms with Gasteiger partial charge in [0, 0.05) is 6.54 Å². The van der Waals surface area contributed by atoms with Crippen molar-refractivity contribution in [3.05, 3.63) is 83.4 Å². The molecule has 0 unspecified atom stereocenters. The summed E-state index contributed by atoms with van der Waals surface area (Å²) in [6, 6.07) is 23.6. The van der Waals surface area contributed by atoms with E-state index in [-0.39, 0.29) is 0 Å². The van der Waals surface area contributed by atoms with Crippen LogP contribution < -0.4 is 0 Å². The zero-order valence-corrected chi connectivity index (χ0v) is 13.2. The van der Waals surface area contributed by atoms with E-state index in [0.717, 1.165) is 6.54 Å². The predicted octanol–water partition coefficient (Wildman–Crippen LogP) is 5.07. The summed E-state index contributed by atoms with van der Waals surface area (Å²) >= 11 is 0. The van der Waals surface area contributed by atoms with Crippen molar-refractivity contribution in [2.75, 3.05) is 14.1 Å². The van der Waals surface area contributed by atoms with E-state index in [1.807, 2.05) is 0 Å². The maximum absolute atomic E-state index is 2.24. The molecule has 110 valence electrons. The van der Waals surface area contributed by atoms with Gasteiger partial charge in [0.2, 0.25) is 0 Å². The van der Waals surface area contributed by atoms with Gasteiger partial charge in [-0.25, -0.2) is 0 Å². The van der Waals surface area contributed by atoms with Gasteiger partial charge in [-0.1, -0.05) is 72.8 Å². The SMILES string of the molecule is CN(C)Cc1ccccc1C=Cc1ccc2ccccc2c1. The van der Waals surface area contributed by atoms with Crippen molar-refractivity contribution >= 4 is 22.9 Å². The van der Waals surface area contributed by atoms with Gasteiger partial charge in [0.15, 0.2) is 0 Å². The van der Waals surface area contributed by atoms with E-state index in [9.17, 15) is 0 Å². The average molecular weight is 287 g/mol. The molecule has 1 heteroatoms. The van der Waals surface area contributed by atoms with Gasteiger partial charge in [0.25, 0.3) is 0 Å². The second kappa shape index (κ2) is 6.59. The highest BCUT2D eigenvalue weighted by molar-refractivity contribution is 5.86. The summed E-state index contributed by atoms with van der Waals surface area (Å²) in [4.78, 5) is 2.20. The van der Waals surface area contributed by atoms with Gasteiger partial charge in [-0.2, -0.15) is 0 Å². The normalized spacial score (nSPS) is 11.6. The summed E-state index contributed by atoms with van der Waals surface area (Å²) < 4.78 is 0. The summed E-state index contributed by atoms with van der Waals surface area (Å²) in [5.74, 6) is 0. The minimum atomic E-state index is 0.957. The molecule has 0 amide bonds. The zero-order chi connectivity index (χ0) is 15.4. The Morgan fingerprint density at radius 1 is 0.773 bits per heavy atom. The summed E-state index contributed by atoms with van der Waals surface area (Å²) in [7, 11) is 4.20. The van der Waals surface area contributed by atoms with Gasteiger partial charge in [-0.15, -0.1) is 0 Å². The van der Waals surface area contributed by atoms with E-state index >= 15 is 0 Å². The zero-order valence-electron chi connectivity index (χ0n) is 13.2. The highest BCUT2D eigenvalue weighted by Crippen LogP contribution is 2.19. The molecule has 0 fully saturated rings. The van der Waals surface area contributed by atoms with Gasteiger partial charge in [-0.05, 0) is 47.6 Å². The van der Waals surface area contributed by atoms with Crippen LogP contribution in [0.3, 0.4) is 0 Å². The lowest BCUT2D eigenvalue weighted by molar-refractivity contribution is 0.402. The largest absolute Gasteiger partial charge is 0.305 e. The van der Waals surface area contributed by atoms with Crippen LogP contribution in [0.4, 0.5) is 0 Å². The Balaban J connectivity index is 1.89. The quantitative estimate of drug-likeness (QED) is 0.605. The molecule has 0 atom stereocenters. The lowest BCUT2D eigenvalue weighted by Gasteiger charge is -2.12. The topological polar surface area (TPSA) is 3.24 Å². The Kier molecular flexibility index (Phi) is 4.36. The molecule has 0 aliphatic rings. The molecule has 0 spiro atoms. The number of nitrogens with zero attached hydrogens (tertiary/aromatic N) is 1. The molecular formula is C21H21N. The second-order valence-electron chi connectivity index (χ2n) is 5.88. The Morgan fingerprint density at radius 2 is 1.50 bits per heavy atom. The first-order chi connectivity index (χ1) is 10.7. The Bertz CT molecular complexity index is 800. The molecule has 1 nitrogen and oxygen atoms in total. The molecule has 0 bridgehead atoms. The molecule has 0 aromatic heterocycles. The van der Waals surface area contributed by atoms with Crippen molar-refractivity contribution in [2.45, 2.75) is 6.54 Å². The third-order valence-corrected chi connectivity index (χ3v) is 3.77. The van der Waals surface area contributed by atoms with Crippen molar-refractivity contribution in [3.8, 4) is 0 Å². The van der Waals surface area contributed by atoms with Crippen molar-refractivity contribution in [3.63, 3.8) is 0 Å². The van der Waals surface area contributed by atoms with Crippen LogP contribution in [0.2, 0.25) is 0 Å². The first-order valence-electron chi connectivity index (χ1n) is 7.62. The van der Waals surface area contributed by atoms with Gasteiger partial charge < -0.3 is 4.90 Å². The molecule has 3 aromatic rings. The second-order valence-corrected chi connectivity index (χ2v) is 5.88. The average Bonchev–Trinajstić information content (AvgIpc) is 2.53. The molecule has 22 heavy (non-hydrogen) atoms. The fourth-order valence-corrected chi connectivity index (χ4v) is 2.68. The molecule has 0 radical (unpaired) electrons. The van der Waals surface area contributed by atoms with Crippen LogP contribution in [0, 0.1) is 0 Å². The Morgan fingerprint density at radius 3 is 2.32 bits per heavy atom. The summed E-state index contributed by atoms with van der Waals surface area (Å²) in [5, 5.41) is 2.57. The summed E-state index contributed by atoms with van der Waals surface area (Å²) in [6.45, 7) is 0.957. The smallest absolute Gasteiger partial charge is 0.0233 e. The maximum Gasteiger partial charge on any atom is 0.0233 e. The number of benzene rings is 3. The van der Waals surface area contributed by atoms with Crippen LogP contribution in [0.15, 0.2) is 66.7 Å². The molecular weight excluding hydrogens is 266 g/mol. The molecule has 0 aliphatic carbocycles. The Hall–Kier alpha value is -2.38. The molecule has 0 saturated heterocycles. The van der Waals surface area contributed by atoms with Crippen molar-refractivity contribution < 1.29 is 0 Å². The van der Waals surface area contributed by atoms with E-state index < -0.39 is 0 Å². The van der Waals surface area contributed by atoms with Crippen LogP contribution in [0.5, 0.6) is 0 Å². The highest BCUT2D eigenvalue weighted by atomic mass is 15.0. The number of fused-ring (bicyclic) bond motifs is 1. The van der Waals surface area contributed by atoms with Gasteiger partial charge in [0.05, 0.1) is 0 Å². The molecule has 3 aromatic carbocycles. The molecule has 3 rings (SSSR count). The third-order valence-electron chi connectivity index (χ3n) is 3.77. The van der Waals surface area contributed by atoms with Crippen LogP contribution in [-0.2, 0) is 6.54 Å². The number of hydrogen-bond acceptors (Lipinski definition) is 1. The van der Waals surface area contributed by atoms with Gasteiger partial charge in [0.1, 0.15) is 0 Å². The minimum Gasteiger partial charge on any atom is -0.305 e. The highest BCUT2D eigenvalue weighted by Gasteiger charge is 2.00. The summed E-state index contributed by atoms with van der Waals surface area (Å²) in [5.41, 5.74) is 3.87. The van der Waals surface area contributed by atoms with Crippen LogP contribution in [-0.4, -0.2) is 19.0 Å². The number of rotatable bonds is 4. The lowest BCUT2D eigenvalue weighted by Crippen LogP contribution is -2.11. The Labute approximate surface area is 132 Å². The van der Waals surface area contributed by atoms with Crippen molar-refractivity contribution in [1.29, 1.82) is 0 Å². The van der Waals surface area contributed by atoms with Gasteiger partial charge >= 0.3 is 0 Å². The fraction of sp³-hybridized carbons (Fsp3) is 0.143. The lowest BCUT2D eigenvalue weighted by atomic mass is 10.0. The van der Waals surface area contributed by atoms with Crippen molar-refractivity contribution in [1.82, 2.24) is 4.90 Å². The minimum absolute atomic E-state index is 0.957. The standard InChI is InChI=1S/C21H21N/c1-22(2)16-21-10-6-4-8-19(21)14-12-17-11-13-18-7-3-5-9-20(18)15-17/h3-15H,16H2,1-2H3. The molecule has 0 aliphatic heterocycles. The molecule has 0 saturated carbocycles. The van der Waals surface area contributed by atoms with Crippen molar-refractivity contribution in [2.24, 2.45) is 0 Å². The fourth-order valence-electron chi connectivity index (χ4n) is 2.68. The van der Waals surface area contributed by atoms with E-state index in [0.29, 0.717) is 0 Å². The van der Waals surface area contributed by atoms with E-state index in [1.54, 1.807) is 0 Å². The third kappa shape index (κ3) is 3.44. The molecule has 0 N–H and O–H groups in total. The van der Waals surface area contributed by atoms with E-state index in [4.69, 9.17) is 0 Å². The monoisotopic (exact) mass is 287 g/mol.